The highest BCUT2D eigenvalue weighted by Crippen LogP contribution is 2.18. The summed E-state index contributed by atoms with van der Waals surface area (Å²) < 4.78 is 12.0. The molecule has 0 radical (unpaired) electrons. The van der Waals surface area contributed by atoms with Crippen LogP contribution in [0.5, 0.6) is 5.75 Å². The first-order valence-corrected chi connectivity index (χ1v) is 6.31. The van der Waals surface area contributed by atoms with Crippen molar-refractivity contribution in [2.24, 2.45) is 0 Å². The van der Waals surface area contributed by atoms with Gasteiger partial charge in [0, 0.05) is 6.54 Å². The number of ether oxygens (including phenoxy) is 2. The number of nitrogens with zero attached hydrogens (tertiary/aromatic N) is 4. The molecule has 1 heterocycles. The molecule has 0 aliphatic carbocycles. The van der Waals surface area contributed by atoms with Gasteiger partial charge in [0.2, 0.25) is 0 Å². The Balaban J connectivity index is 2.03. The summed E-state index contributed by atoms with van der Waals surface area (Å²) in [6, 6.07) is 6.89. The first-order chi connectivity index (χ1) is 9.76. The minimum absolute atomic E-state index is 0.0316. The van der Waals surface area contributed by atoms with Gasteiger partial charge in [0.1, 0.15) is 11.3 Å². The van der Waals surface area contributed by atoms with E-state index in [-0.39, 0.29) is 6.61 Å². The zero-order valence-electron chi connectivity index (χ0n) is 11.4. The normalized spacial score (nSPS) is 10.3. The largest absolute Gasteiger partial charge is 0.496 e. The summed E-state index contributed by atoms with van der Waals surface area (Å²) in [6.07, 6.45) is 0.901. The summed E-state index contributed by atoms with van der Waals surface area (Å²) >= 11 is 0. The van der Waals surface area contributed by atoms with Gasteiger partial charge in [-0.05, 0) is 29.0 Å². The summed E-state index contributed by atoms with van der Waals surface area (Å²) in [5, 5.41) is 11.2. The van der Waals surface area contributed by atoms with Crippen molar-refractivity contribution in [1.82, 2.24) is 20.2 Å². The number of methoxy groups -OCH3 is 1. The molecular formula is C13H16N4O3. The lowest BCUT2D eigenvalue weighted by molar-refractivity contribution is 0.0453. The number of rotatable bonds is 6. The van der Waals surface area contributed by atoms with Crippen LogP contribution in [0.2, 0.25) is 0 Å². The van der Waals surface area contributed by atoms with E-state index in [1.165, 1.54) is 7.11 Å². The minimum atomic E-state index is -0.464. The van der Waals surface area contributed by atoms with Crippen LogP contribution in [0.1, 0.15) is 29.5 Å². The van der Waals surface area contributed by atoms with E-state index in [0.717, 1.165) is 6.42 Å². The van der Waals surface area contributed by atoms with Crippen molar-refractivity contribution in [2.75, 3.05) is 7.11 Å². The average Bonchev–Trinajstić information content (AvgIpc) is 2.92. The second kappa shape index (κ2) is 6.65. The van der Waals surface area contributed by atoms with Crippen LogP contribution in [0.25, 0.3) is 0 Å². The Hall–Kier alpha value is -2.44. The van der Waals surface area contributed by atoms with Gasteiger partial charge in [-0.25, -0.2) is 9.48 Å². The monoisotopic (exact) mass is 276 g/mol. The summed E-state index contributed by atoms with van der Waals surface area (Å²) in [4.78, 5) is 12.0. The molecule has 0 aliphatic heterocycles. The Morgan fingerprint density at radius 3 is 2.90 bits per heavy atom. The zero-order valence-corrected chi connectivity index (χ0v) is 11.4. The number of hydrogen-bond donors (Lipinski definition) is 0. The first-order valence-electron chi connectivity index (χ1n) is 6.31. The topological polar surface area (TPSA) is 79.1 Å². The van der Waals surface area contributed by atoms with Crippen LogP contribution in [0.4, 0.5) is 0 Å². The molecule has 1 aromatic heterocycles. The quantitative estimate of drug-likeness (QED) is 0.743. The third-order valence-corrected chi connectivity index (χ3v) is 2.70. The number of carbonyl (C=O) groups is 1. The highest BCUT2D eigenvalue weighted by Gasteiger charge is 2.14. The molecular weight excluding hydrogens is 260 g/mol. The van der Waals surface area contributed by atoms with Crippen molar-refractivity contribution in [3.05, 3.63) is 35.7 Å². The van der Waals surface area contributed by atoms with E-state index < -0.39 is 5.97 Å². The molecule has 0 fully saturated rings. The molecule has 0 aliphatic rings. The fourth-order valence-corrected chi connectivity index (χ4v) is 1.73. The third-order valence-electron chi connectivity index (χ3n) is 2.70. The van der Waals surface area contributed by atoms with Gasteiger partial charge in [0.05, 0.1) is 7.11 Å². The maximum absolute atomic E-state index is 12.0. The van der Waals surface area contributed by atoms with Gasteiger partial charge in [0.25, 0.3) is 0 Å². The maximum atomic E-state index is 12.0. The second-order valence-corrected chi connectivity index (χ2v) is 4.09. The molecule has 0 bridgehead atoms. The highest BCUT2D eigenvalue weighted by molar-refractivity contribution is 5.92. The van der Waals surface area contributed by atoms with Crippen molar-refractivity contribution < 1.29 is 14.3 Å². The standard InChI is InChI=1S/C13H16N4O3/c1-3-8-17-12(14-15-16-17)9-20-13(18)10-6-4-5-7-11(10)19-2/h4-7H,3,8-9H2,1-2H3. The minimum Gasteiger partial charge on any atom is -0.496 e. The molecule has 0 spiro atoms. The lowest BCUT2D eigenvalue weighted by Crippen LogP contribution is -2.11. The van der Waals surface area contributed by atoms with Crippen LogP contribution >= 0.6 is 0 Å². The number of hydrogen-bond acceptors (Lipinski definition) is 6. The molecule has 7 heteroatoms. The van der Waals surface area contributed by atoms with Gasteiger partial charge in [-0.2, -0.15) is 0 Å². The first kappa shape index (κ1) is 14.0. The molecule has 20 heavy (non-hydrogen) atoms. The van der Waals surface area contributed by atoms with Crippen LogP contribution in [-0.4, -0.2) is 33.3 Å². The van der Waals surface area contributed by atoms with Gasteiger partial charge in [-0.1, -0.05) is 19.1 Å². The molecule has 2 aromatic rings. The number of benzene rings is 1. The third kappa shape index (κ3) is 3.11. The van der Waals surface area contributed by atoms with Gasteiger partial charge in [-0.15, -0.1) is 5.10 Å². The number of para-hydroxylation sites is 1. The predicted molar refractivity (Wildman–Crippen MR) is 70.2 cm³/mol. The average molecular weight is 276 g/mol. The molecule has 106 valence electrons. The van der Waals surface area contributed by atoms with Crippen molar-refractivity contribution in [3.63, 3.8) is 0 Å². The number of carbonyl (C=O) groups excluding carboxylic acids is 1. The number of aryl methyl sites for hydroxylation is 1. The maximum Gasteiger partial charge on any atom is 0.342 e. The Labute approximate surface area is 116 Å². The molecule has 0 saturated heterocycles. The zero-order chi connectivity index (χ0) is 14.4. The lowest BCUT2D eigenvalue weighted by Gasteiger charge is -2.08. The van der Waals surface area contributed by atoms with E-state index >= 15 is 0 Å². The lowest BCUT2D eigenvalue weighted by atomic mass is 10.2. The van der Waals surface area contributed by atoms with Crippen LogP contribution in [0.15, 0.2) is 24.3 Å². The Bertz CT molecular complexity index is 583. The van der Waals surface area contributed by atoms with Crippen molar-refractivity contribution in [2.45, 2.75) is 26.5 Å². The molecule has 0 unspecified atom stereocenters. The summed E-state index contributed by atoms with van der Waals surface area (Å²) in [5.41, 5.74) is 0.379. The highest BCUT2D eigenvalue weighted by atomic mass is 16.5. The van der Waals surface area contributed by atoms with Gasteiger partial charge in [-0.3, -0.25) is 0 Å². The molecule has 0 amide bonds. The van der Waals surface area contributed by atoms with E-state index in [1.54, 1.807) is 28.9 Å². The molecule has 0 atom stereocenters. The number of aromatic nitrogens is 4. The molecule has 0 saturated carbocycles. The van der Waals surface area contributed by atoms with Crippen molar-refractivity contribution >= 4 is 5.97 Å². The predicted octanol–water partition coefficient (Wildman–Crippen LogP) is 1.45. The van der Waals surface area contributed by atoms with E-state index in [1.807, 2.05) is 6.92 Å². The molecule has 1 aromatic carbocycles. The van der Waals surface area contributed by atoms with Crippen LogP contribution < -0.4 is 4.74 Å². The molecule has 0 N–H and O–H groups in total. The molecule has 2 rings (SSSR count). The van der Waals surface area contributed by atoms with Crippen LogP contribution in [-0.2, 0) is 17.9 Å². The summed E-state index contributed by atoms with van der Waals surface area (Å²) in [7, 11) is 1.51. The number of tetrazole rings is 1. The second-order valence-electron chi connectivity index (χ2n) is 4.09. The van der Waals surface area contributed by atoms with Gasteiger partial charge in [0.15, 0.2) is 12.4 Å². The smallest absolute Gasteiger partial charge is 0.342 e. The Kier molecular flexibility index (Phi) is 4.65. The van der Waals surface area contributed by atoms with Gasteiger partial charge < -0.3 is 9.47 Å². The Morgan fingerprint density at radius 2 is 2.15 bits per heavy atom. The van der Waals surface area contributed by atoms with Crippen molar-refractivity contribution in [1.29, 1.82) is 0 Å². The SMILES string of the molecule is CCCn1nnnc1COC(=O)c1ccccc1OC. The van der Waals surface area contributed by atoms with Gasteiger partial charge >= 0.3 is 5.97 Å². The van der Waals surface area contributed by atoms with E-state index in [2.05, 4.69) is 15.5 Å². The van der Waals surface area contributed by atoms with E-state index in [0.29, 0.717) is 23.7 Å². The van der Waals surface area contributed by atoms with Crippen LogP contribution in [0, 0.1) is 0 Å². The van der Waals surface area contributed by atoms with E-state index in [4.69, 9.17) is 9.47 Å². The van der Waals surface area contributed by atoms with E-state index in [9.17, 15) is 4.79 Å². The fraction of sp³-hybridized carbons (Fsp3) is 0.385. The van der Waals surface area contributed by atoms with Crippen molar-refractivity contribution in [3.8, 4) is 5.75 Å². The molecule has 7 nitrogen and oxygen atoms in total. The summed E-state index contributed by atoms with van der Waals surface area (Å²) in [5.74, 6) is 0.536. The fourth-order valence-electron chi connectivity index (χ4n) is 1.73. The summed E-state index contributed by atoms with van der Waals surface area (Å²) in [6.45, 7) is 2.74. The Morgan fingerprint density at radius 1 is 1.35 bits per heavy atom. The number of esters is 1. The van der Waals surface area contributed by atoms with Crippen LogP contribution in [0.3, 0.4) is 0 Å².